The Morgan fingerprint density at radius 3 is 1.78 bits per heavy atom. The molecule has 0 saturated heterocycles. The van der Waals surface area contributed by atoms with Crippen molar-refractivity contribution in [1.82, 2.24) is 0 Å². The molecular weight excluding hydrogens is 572 g/mol. The summed E-state index contributed by atoms with van der Waals surface area (Å²) in [6.45, 7) is 15.3. The first-order valence-corrected chi connectivity index (χ1v) is 14.0. The van der Waals surface area contributed by atoms with Crippen LogP contribution in [-0.2, 0) is 25.5 Å². The van der Waals surface area contributed by atoms with Crippen LogP contribution in [0.15, 0.2) is 115 Å². The van der Waals surface area contributed by atoms with Crippen molar-refractivity contribution in [2.75, 3.05) is 6.61 Å². The van der Waals surface area contributed by atoms with Gasteiger partial charge in [-0.15, -0.1) is 0 Å². The van der Waals surface area contributed by atoms with Crippen molar-refractivity contribution in [3.8, 4) is 28.4 Å². The zero-order valence-electron chi connectivity index (χ0n) is 25.3. The highest BCUT2D eigenvalue weighted by Gasteiger charge is 2.18. The molecule has 0 N–H and O–H groups in total. The molecule has 0 amide bonds. The Morgan fingerprint density at radius 2 is 1.13 bits per heavy atom. The van der Waals surface area contributed by atoms with Gasteiger partial charge in [-0.2, -0.15) is 0 Å². The summed E-state index contributed by atoms with van der Waals surface area (Å²) in [4.78, 5) is 48.7. The molecule has 4 aromatic rings. The van der Waals surface area contributed by atoms with Crippen LogP contribution in [0.5, 0.6) is 17.2 Å². The molecule has 0 heterocycles. The van der Waals surface area contributed by atoms with Gasteiger partial charge in [-0.05, 0) is 84.6 Å². The van der Waals surface area contributed by atoms with Gasteiger partial charge in [0.25, 0.3) is 0 Å². The summed E-state index contributed by atoms with van der Waals surface area (Å²) in [5, 5.41) is 1.94. The molecule has 0 aliphatic rings. The van der Waals surface area contributed by atoms with Crippen LogP contribution in [0.3, 0.4) is 0 Å². The van der Waals surface area contributed by atoms with E-state index in [-0.39, 0.29) is 34.8 Å². The molecule has 4 aromatic carbocycles. The SMILES string of the molecule is C=C(C)C(=O)Oc1ccc2cc(-c3ccc(CCOC(=O)c4ccc(OC(=O)C(=C)C)c(OC(=O)C(=C)C)c4)cc3)ccc2c1. The minimum Gasteiger partial charge on any atom is -0.462 e. The Labute approximate surface area is 261 Å². The largest absolute Gasteiger partial charge is 0.462 e. The average molecular weight is 605 g/mol. The van der Waals surface area contributed by atoms with E-state index in [0.29, 0.717) is 17.7 Å². The van der Waals surface area contributed by atoms with Crippen molar-refractivity contribution in [3.05, 3.63) is 126 Å². The summed E-state index contributed by atoms with van der Waals surface area (Å²) in [5.74, 6) is -2.25. The lowest BCUT2D eigenvalue weighted by atomic mass is 9.99. The smallest absolute Gasteiger partial charge is 0.338 e. The van der Waals surface area contributed by atoms with Crippen molar-refractivity contribution in [1.29, 1.82) is 0 Å². The number of fused-ring (bicyclic) bond motifs is 1. The van der Waals surface area contributed by atoms with Crippen LogP contribution in [-0.4, -0.2) is 30.5 Å². The first-order chi connectivity index (χ1) is 21.4. The third-order valence-electron chi connectivity index (χ3n) is 6.56. The summed E-state index contributed by atoms with van der Waals surface area (Å²) in [6.07, 6.45) is 0.473. The van der Waals surface area contributed by atoms with E-state index in [0.717, 1.165) is 27.5 Å². The van der Waals surface area contributed by atoms with Gasteiger partial charge >= 0.3 is 23.9 Å². The normalized spacial score (nSPS) is 10.5. The maximum absolute atomic E-state index is 12.8. The lowest BCUT2D eigenvalue weighted by Gasteiger charge is -2.12. The van der Waals surface area contributed by atoms with Crippen molar-refractivity contribution in [3.63, 3.8) is 0 Å². The Bertz CT molecular complexity index is 1850. The molecule has 0 bridgehead atoms. The quantitative estimate of drug-likeness (QED) is 0.0994. The molecule has 0 unspecified atom stereocenters. The topological polar surface area (TPSA) is 105 Å². The Hall–Kier alpha value is -5.76. The van der Waals surface area contributed by atoms with E-state index in [2.05, 4.69) is 25.8 Å². The van der Waals surface area contributed by atoms with Crippen molar-refractivity contribution in [2.24, 2.45) is 0 Å². The number of hydrogen-bond donors (Lipinski definition) is 0. The Kier molecular flexibility index (Phi) is 10.1. The fourth-order valence-corrected chi connectivity index (χ4v) is 4.04. The van der Waals surface area contributed by atoms with Crippen LogP contribution in [0, 0.1) is 0 Å². The zero-order chi connectivity index (χ0) is 32.7. The van der Waals surface area contributed by atoms with Gasteiger partial charge in [-0.25, -0.2) is 19.2 Å². The van der Waals surface area contributed by atoms with E-state index in [4.69, 9.17) is 18.9 Å². The second-order valence-electron chi connectivity index (χ2n) is 10.5. The van der Waals surface area contributed by atoms with Gasteiger partial charge in [0.15, 0.2) is 11.5 Å². The van der Waals surface area contributed by atoms with Gasteiger partial charge in [-0.1, -0.05) is 62.2 Å². The van der Waals surface area contributed by atoms with E-state index in [1.54, 1.807) is 13.0 Å². The highest BCUT2D eigenvalue weighted by atomic mass is 16.6. The maximum atomic E-state index is 12.8. The van der Waals surface area contributed by atoms with E-state index >= 15 is 0 Å². The van der Waals surface area contributed by atoms with Crippen LogP contribution in [0.4, 0.5) is 0 Å². The molecule has 0 aromatic heterocycles. The van der Waals surface area contributed by atoms with Gasteiger partial charge in [0.1, 0.15) is 5.75 Å². The number of carbonyl (C=O) groups is 4. The van der Waals surface area contributed by atoms with E-state index in [1.807, 2.05) is 48.5 Å². The van der Waals surface area contributed by atoms with Crippen LogP contribution in [0.25, 0.3) is 21.9 Å². The summed E-state index contributed by atoms with van der Waals surface area (Å²) in [7, 11) is 0. The molecule has 0 aliphatic carbocycles. The summed E-state index contributed by atoms with van der Waals surface area (Å²) >= 11 is 0. The van der Waals surface area contributed by atoms with Crippen LogP contribution in [0.1, 0.15) is 36.7 Å². The molecule has 8 nitrogen and oxygen atoms in total. The summed E-state index contributed by atoms with van der Waals surface area (Å²) in [6, 6.07) is 23.4. The number of benzene rings is 4. The van der Waals surface area contributed by atoms with Crippen LogP contribution < -0.4 is 14.2 Å². The van der Waals surface area contributed by atoms with E-state index < -0.39 is 23.9 Å². The minimum atomic E-state index is -0.740. The molecule has 0 saturated carbocycles. The third-order valence-corrected chi connectivity index (χ3v) is 6.56. The zero-order valence-corrected chi connectivity index (χ0v) is 25.3. The third kappa shape index (κ3) is 8.42. The number of esters is 4. The van der Waals surface area contributed by atoms with Crippen molar-refractivity contribution in [2.45, 2.75) is 27.2 Å². The molecule has 228 valence electrons. The second kappa shape index (κ2) is 14.1. The van der Waals surface area contributed by atoms with Gasteiger partial charge in [0.05, 0.1) is 12.2 Å². The van der Waals surface area contributed by atoms with E-state index in [1.165, 1.54) is 32.0 Å². The molecule has 0 atom stereocenters. The first-order valence-electron chi connectivity index (χ1n) is 14.0. The molecule has 0 spiro atoms. The number of carbonyl (C=O) groups excluding carboxylic acids is 4. The molecule has 8 heteroatoms. The molecule has 45 heavy (non-hydrogen) atoms. The fraction of sp³-hybridized carbons (Fsp3) is 0.135. The van der Waals surface area contributed by atoms with Gasteiger partial charge < -0.3 is 18.9 Å². The summed E-state index contributed by atoms with van der Waals surface area (Å²) < 4.78 is 21.3. The molecule has 4 rings (SSSR count). The van der Waals surface area contributed by atoms with Gasteiger partial charge in [0, 0.05) is 23.1 Å². The average Bonchev–Trinajstić information content (AvgIpc) is 3.01. The summed E-state index contributed by atoms with van der Waals surface area (Å²) in [5.41, 5.74) is 3.73. The number of hydrogen-bond acceptors (Lipinski definition) is 8. The van der Waals surface area contributed by atoms with Crippen molar-refractivity contribution < 1.29 is 38.1 Å². The van der Waals surface area contributed by atoms with E-state index in [9.17, 15) is 19.2 Å². The van der Waals surface area contributed by atoms with Crippen molar-refractivity contribution >= 4 is 34.6 Å². The first kappa shape index (κ1) is 32.2. The highest BCUT2D eigenvalue weighted by Crippen LogP contribution is 2.31. The van der Waals surface area contributed by atoms with Crippen LogP contribution >= 0.6 is 0 Å². The molecule has 0 radical (unpaired) electrons. The predicted molar refractivity (Wildman–Crippen MR) is 171 cm³/mol. The molecule has 0 aliphatic heterocycles. The Balaban J connectivity index is 1.38. The highest BCUT2D eigenvalue weighted by molar-refractivity contribution is 5.94. The minimum absolute atomic E-state index is 0.0468. The Morgan fingerprint density at radius 1 is 0.578 bits per heavy atom. The standard InChI is InChI=1S/C37H32O8/c1-22(2)34(38)43-31-15-13-28-19-27(11-12-29(28)20-31)26-9-7-25(8-10-26)17-18-42-37(41)30-14-16-32(44-35(39)23(3)4)33(21-30)45-36(40)24(5)6/h7-16,19-21H,1,3,5,17-18H2,2,4,6H3. The molecule has 0 fully saturated rings. The fourth-order valence-electron chi connectivity index (χ4n) is 4.04. The monoisotopic (exact) mass is 604 g/mol. The lowest BCUT2D eigenvalue weighted by Crippen LogP contribution is -2.14. The second-order valence-corrected chi connectivity index (χ2v) is 10.5. The van der Waals surface area contributed by atoms with Crippen LogP contribution in [0.2, 0.25) is 0 Å². The maximum Gasteiger partial charge on any atom is 0.338 e. The lowest BCUT2D eigenvalue weighted by molar-refractivity contribution is -0.132. The molecular formula is C37H32O8. The predicted octanol–water partition coefficient (Wildman–Crippen LogP) is 7.35. The number of ether oxygens (including phenoxy) is 4. The van der Waals surface area contributed by atoms with Gasteiger partial charge in [-0.3, -0.25) is 0 Å². The van der Waals surface area contributed by atoms with Gasteiger partial charge in [0.2, 0.25) is 0 Å². The number of rotatable bonds is 11.